The third kappa shape index (κ3) is 4.20. The second kappa shape index (κ2) is 6.01. The fraction of sp³-hybridized carbons (Fsp3) is 0.750. The van der Waals surface area contributed by atoms with Crippen LogP contribution in [0, 0.1) is 5.41 Å². The molecule has 19 heavy (non-hydrogen) atoms. The molecule has 1 saturated heterocycles. The minimum Gasteiger partial charge on any atom is -0.481 e. The number of rotatable bonds is 5. The Bertz CT molecular complexity index is 380. The van der Waals surface area contributed by atoms with Crippen molar-refractivity contribution in [2.45, 2.75) is 45.2 Å². The fourth-order valence-corrected chi connectivity index (χ4v) is 2.29. The lowest BCUT2D eigenvalue weighted by molar-refractivity contribution is -0.147. The zero-order chi connectivity index (χ0) is 14.6. The third-order valence-electron chi connectivity index (χ3n) is 3.38. The lowest BCUT2D eigenvalue weighted by Crippen LogP contribution is -2.58. The maximum Gasteiger partial charge on any atom is 0.326 e. The molecule has 0 aromatic carbocycles. The monoisotopic (exact) mass is 272 g/mol. The molecular formula is C12H20N2O5. The first-order chi connectivity index (χ1) is 8.74. The van der Waals surface area contributed by atoms with Crippen molar-refractivity contribution in [2.24, 2.45) is 5.41 Å². The van der Waals surface area contributed by atoms with Crippen LogP contribution in [0.15, 0.2) is 0 Å². The molecule has 1 rings (SSSR count). The third-order valence-corrected chi connectivity index (χ3v) is 3.38. The summed E-state index contributed by atoms with van der Waals surface area (Å²) in [6.45, 7) is 4.55. The average molecular weight is 272 g/mol. The topological polar surface area (TPSA) is 116 Å². The molecule has 0 aromatic heterocycles. The Morgan fingerprint density at radius 1 is 1.37 bits per heavy atom. The minimum atomic E-state index is -1.40. The second-order valence-electron chi connectivity index (χ2n) is 5.48. The summed E-state index contributed by atoms with van der Waals surface area (Å²) >= 11 is 0. The second-order valence-corrected chi connectivity index (χ2v) is 5.48. The van der Waals surface area contributed by atoms with Crippen molar-refractivity contribution in [3.8, 4) is 0 Å². The Morgan fingerprint density at radius 2 is 2.00 bits per heavy atom. The molecule has 7 nitrogen and oxygen atoms in total. The largest absolute Gasteiger partial charge is 0.481 e. The van der Waals surface area contributed by atoms with E-state index in [4.69, 9.17) is 10.2 Å². The first kappa shape index (κ1) is 15.4. The highest BCUT2D eigenvalue weighted by Crippen LogP contribution is 2.30. The SMILES string of the molecule is CC1(C)CCCNC1C(=O)NC(CC(=O)O)C(=O)O. The zero-order valence-corrected chi connectivity index (χ0v) is 11.1. The summed E-state index contributed by atoms with van der Waals surface area (Å²) in [6, 6.07) is -1.90. The van der Waals surface area contributed by atoms with Crippen LogP contribution in [0.2, 0.25) is 0 Å². The van der Waals surface area contributed by atoms with Crippen LogP contribution in [0.3, 0.4) is 0 Å². The van der Waals surface area contributed by atoms with E-state index in [1.807, 2.05) is 13.8 Å². The highest BCUT2D eigenvalue weighted by atomic mass is 16.4. The van der Waals surface area contributed by atoms with Crippen LogP contribution in [-0.4, -0.2) is 46.7 Å². The van der Waals surface area contributed by atoms with Crippen LogP contribution in [0.25, 0.3) is 0 Å². The number of carboxylic acid groups (broad SMARTS) is 2. The molecule has 4 N–H and O–H groups in total. The molecule has 0 aromatic rings. The van der Waals surface area contributed by atoms with E-state index in [9.17, 15) is 14.4 Å². The van der Waals surface area contributed by atoms with Crippen LogP contribution in [0.1, 0.15) is 33.1 Å². The summed E-state index contributed by atoms with van der Waals surface area (Å²) < 4.78 is 0. The molecule has 7 heteroatoms. The number of nitrogens with one attached hydrogen (secondary N) is 2. The summed E-state index contributed by atoms with van der Waals surface area (Å²) in [7, 11) is 0. The van der Waals surface area contributed by atoms with Gasteiger partial charge in [0, 0.05) is 0 Å². The Morgan fingerprint density at radius 3 is 2.47 bits per heavy atom. The highest BCUT2D eigenvalue weighted by molar-refractivity contribution is 5.89. The molecule has 1 aliphatic heterocycles. The van der Waals surface area contributed by atoms with Crippen LogP contribution in [0.5, 0.6) is 0 Å². The van der Waals surface area contributed by atoms with E-state index in [2.05, 4.69) is 10.6 Å². The number of piperidine rings is 1. The molecule has 0 radical (unpaired) electrons. The van der Waals surface area contributed by atoms with Crippen molar-refractivity contribution in [1.29, 1.82) is 0 Å². The van der Waals surface area contributed by atoms with Gasteiger partial charge in [-0.25, -0.2) is 4.79 Å². The first-order valence-corrected chi connectivity index (χ1v) is 6.22. The molecule has 2 atom stereocenters. The normalized spacial score (nSPS) is 23.4. The molecule has 1 heterocycles. The summed E-state index contributed by atoms with van der Waals surface area (Å²) in [6.07, 6.45) is 1.18. The lowest BCUT2D eigenvalue weighted by Gasteiger charge is -2.38. The highest BCUT2D eigenvalue weighted by Gasteiger charge is 2.38. The predicted octanol–water partition coefficient (Wildman–Crippen LogP) is -0.191. The molecule has 0 aliphatic carbocycles. The van der Waals surface area contributed by atoms with Crippen molar-refractivity contribution < 1.29 is 24.6 Å². The summed E-state index contributed by atoms with van der Waals surface area (Å²) in [5.74, 6) is -3.06. The Kier molecular flexibility index (Phi) is 4.88. The number of aliphatic carboxylic acids is 2. The van der Waals surface area contributed by atoms with Gasteiger partial charge in [-0.1, -0.05) is 13.8 Å². The van der Waals surface area contributed by atoms with Gasteiger partial charge >= 0.3 is 11.9 Å². The number of carboxylic acids is 2. The van der Waals surface area contributed by atoms with Gasteiger partial charge in [-0.15, -0.1) is 0 Å². The van der Waals surface area contributed by atoms with Crippen molar-refractivity contribution in [2.75, 3.05) is 6.54 Å². The van der Waals surface area contributed by atoms with Gasteiger partial charge in [0.05, 0.1) is 12.5 Å². The van der Waals surface area contributed by atoms with Crippen LogP contribution < -0.4 is 10.6 Å². The van der Waals surface area contributed by atoms with Gasteiger partial charge in [-0.2, -0.15) is 0 Å². The van der Waals surface area contributed by atoms with Crippen molar-refractivity contribution in [3.05, 3.63) is 0 Å². The van der Waals surface area contributed by atoms with Gasteiger partial charge < -0.3 is 20.8 Å². The smallest absolute Gasteiger partial charge is 0.326 e. The van der Waals surface area contributed by atoms with Crippen molar-refractivity contribution >= 4 is 17.8 Å². The average Bonchev–Trinajstić information content (AvgIpc) is 2.26. The van der Waals surface area contributed by atoms with E-state index in [-0.39, 0.29) is 5.41 Å². The summed E-state index contributed by atoms with van der Waals surface area (Å²) in [4.78, 5) is 33.6. The molecule has 2 unspecified atom stereocenters. The maximum absolute atomic E-state index is 12.1. The molecule has 1 amide bonds. The maximum atomic E-state index is 12.1. The Labute approximate surface area is 111 Å². The van der Waals surface area contributed by atoms with E-state index < -0.39 is 36.4 Å². The predicted molar refractivity (Wildman–Crippen MR) is 66.6 cm³/mol. The van der Waals surface area contributed by atoms with Crippen LogP contribution in [0.4, 0.5) is 0 Å². The minimum absolute atomic E-state index is 0.283. The zero-order valence-electron chi connectivity index (χ0n) is 11.1. The van der Waals surface area contributed by atoms with Gasteiger partial charge in [0.15, 0.2) is 0 Å². The van der Waals surface area contributed by atoms with Gasteiger partial charge in [0.25, 0.3) is 0 Å². The van der Waals surface area contributed by atoms with Gasteiger partial charge in [-0.05, 0) is 24.8 Å². The van der Waals surface area contributed by atoms with E-state index in [0.29, 0.717) is 6.54 Å². The van der Waals surface area contributed by atoms with E-state index in [1.165, 1.54) is 0 Å². The Balaban J connectivity index is 2.70. The number of amides is 1. The van der Waals surface area contributed by atoms with Crippen molar-refractivity contribution in [1.82, 2.24) is 10.6 Å². The van der Waals surface area contributed by atoms with Gasteiger partial charge in [0.2, 0.25) is 5.91 Å². The Hall–Kier alpha value is -1.63. The lowest BCUT2D eigenvalue weighted by atomic mass is 9.77. The number of carbonyl (C=O) groups excluding carboxylic acids is 1. The standard InChI is InChI=1S/C12H20N2O5/c1-12(2)4-3-5-13-9(12)10(17)14-7(11(18)19)6-8(15)16/h7,9,13H,3-6H2,1-2H3,(H,14,17)(H,15,16)(H,18,19). The molecule has 0 spiro atoms. The van der Waals surface area contributed by atoms with E-state index >= 15 is 0 Å². The summed E-state index contributed by atoms with van der Waals surface area (Å²) in [5.41, 5.74) is -0.283. The molecule has 1 fully saturated rings. The fourth-order valence-electron chi connectivity index (χ4n) is 2.29. The van der Waals surface area contributed by atoms with E-state index in [1.54, 1.807) is 0 Å². The van der Waals surface area contributed by atoms with Gasteiger partial charge in [0.1, 0.15) is 6.04 Å². The molecule has 0 saturated carbocycles. The summed E-state index contributed by atoms with van der Waals surface area (Å²) in [5, 5.41) is 22.9. The molecule has 108 valence electrons. The van der Waals surface area contributed by atoms with Crippen LogP contribution >= 0.6 is 0 Å². The quantitative estimate of drug-likeness (QED) is 0.551. The van der Waals surface area contributed by atoms with Crippen molar-refractivity contribution in [3.63, 3.8) is 0 Å². The van der Waals surface area contributed by atoms with Gasteiger partial charge in [-0.3, -0.25) is 9.59 Å². The molecule has 0 bridgehead atoms. The number of carbonyl (C=O) groups is 3. The molecule has 1 aliphatic rings. The van der Waals surface area contributed by atoms with E-state index in [0.717, 1.165) is 12.8 Å². The number of hydrogen-bond donors (Lipinski definition) is 4. The van der Waals surface area contributed by atoms with Crippen LogP contribution in [-0.2, 0) is 14.4 Å². The first-order valence-electron chi connectivity index (χ1n) is 6.22. The molecular weight excluding hydrogens is 252 g/mol. The number of hydrogen-bond acceptors (Lipinski definition) is 4.